The quantitative estimate of drug-likeness (QED) is 0.778. The molecule has 17 heavy (non-hydrogen) atoms. The molecule has 2 heterocycles. The molecule has 0 N–H and O–H groups in total. The van der Waals surface area contributed by atoms with E-state index in [0.29, 0.717) is 16.3 Å². The van der Waals surface area contributed by atoms with Crippen LogP contribution in [0, 0.1) is 11.3 Å². The molecule has 0 atom stereocenters. The lowest BCUT2D eigenvalue weighted by Crippen LogP contribution is -2.25. The zero-order chi connectivity index (χ0) is 12.4. The summed E-state index contributed by atoms with van der Waals surface area (Å²) >= 11 is 2.81. The van der Waals surface area contributed by atoms with E-state index in [9.17, 15) is 4.79 Å². The molecule has 86 valence electrons. The Balaban J connectivity index is 2.61. The van der Waals surface area contributed by atoms with Crippen LogP contribution < -0.4 is 0 Å². The number of carbonyl (C=O) groups excluding carboxylic acids is 1. The lowest BCUT2D eigenvalue weighted by Gasteiger charge is -2.14. The molecule has 4 nitrogen and oxygen atoms in total. The van der Waals surface area contributed by atoms with E-state index >= 15 is 0 Å². The van der Waals surface area contributed by atoms with Crippen LogP contribution >= 0.6 is 23.5 Å². The van der Waals surface area contributed by atoms with Gasteiger partial charge in [-0.25, -0.2) is 4.98 Å². The van der Waals surface area contributed by atoms with Crippen LogP contribution in [0.25, 0.3) is 0 Å². The van der Waals surface area contributed by atoms with Gasteiger partial charge in [0.1, 0.15) is 16.8 Å². The van der Waals surface area contributed by atoms with Crippen molar-refractivity contribution in [2.75, 3.05) is 13.3 Å². The number of thioether (sulfide) groups is 2. The predicted octanol–water partition coefficient (Wildman–Crippen LogP) is 2.31. The van der Waals surface area contributed by atoms with Crippen LogP contribution in [0.2, 0.25) is 0 Å². The van der Waals surface area contributed by atoms with Gasteiger partial charge in [0, 0.05) is 13.2 Å². The largest absolute Gasteiger partial charge is 0.301 e. The molecule has 0 saturated heterocycles. The molecule has 0 unspecified atom stereocenters. The Morgan fingerprint density at radius 2 is 2.35 bits per heavy atom. The van der Waals surface area contributed by atoms with Crippen molar-refractivity contribution >= 4 is 29.4 Å². The smallest absolute Gasteiger partial charge is 0.261 e. The third-order valence-corrected chi connectivity index (χ3v) is 4.53. The highest BCUT2D eigenvalue weighted by Crippen LogP contribution is 2.39. The van der Waals surface area contributed by atoms with Crippen LogP contribution in [0.15, 0.2) is 33.3 Å². The average Bonchev–Trinajstić information content (AvgIpc) is 2.46. The van der Waals surface area contributed by atoms with Gasteiger partial charge in [-0.15, -0.1) is 11.8 Å². The zero-order valence-corrected chi connectivity index (χ0v) is 10.9. The molecule has 1 aromatic heterocycles. The van der Waals surface area contributed by atoms with Gasteiger partial charge in [-0.2, -0.15) is 5.26 Å². The molecule has 1 aliphatic rings. The maximum atomic E-state index is 12.1. The molecular weight excluding hydrogens is 254 g/mol. The second-order valence-corrected chi connectivity index (χ2v) is 5.35. The van der Waals surface area contributed by atoms with E-state index in [1.807, 2.05) is 6.26 Å². The minimum atomic E-state index is -0.193. The number of rotatable bonds is 1. The number of fused-ring (bicyclic) bond motifs is 1. The minimum absolute atomic E-state index is 0.193. The number of aromatic nitrogens is 1. The van der Waals surface area contributed by atoms with Gasteiger partial charge in [0.2, 0.25) is 0 Å². The summed E-state index contributed by atoms with van der Waals surface area (Å²) in [4.78, 5) is 17.7. The highest BCUT2D eigenvalue weighted by atomic mass is 32.2. The first kappa shape index (κ1) is 12.0. The van der Waals surface area contributed by atoms with E-state index in [1.165, 1.54) is 28.4 Å². The topological polar surface area (TPSA) is 57.0 Å². The molecule has 6 heteroatoms. The van der Waals surface area contributed by atoms with E-state index in [1.54, 1.807) is 25.4 Å². The van der Waals surface area contributed by atoms with Gasteiger partial charge in [-0.3, -0.25) is 4.79 Å². The third-order valence-electron chi connectivity index (χ3n) is 2.32. The van der Waals surface area contributed by atoms with Crippen molar-refractivity contribution in [2.45, 2.75) is 5.03 Å². The van der Waals surface area contributed by atoms with E-state index in [2.05, 4.69) is 11.1 Å². The summed E-state index contributed by atoms with van der Waals surface area (Å²) in [6.07, 6.45) is 3.53. The van der Waals surface area contributed by atoms with Gasteiger partial charge >= 0.3 is 0 Å². The molecular formula is C11H9N3OS2. The zero-order valence-electron chi connectivity index (χ0n) is 9.30. The van der Waals surface area contributed by atoms with Gasteiger partial charge in [-0.05, 0) is 18.4 Å². The Kier molecular flexibility index (Phi) is 3.41. The first-order valence-corrected chi connectivity index (χ1v) is 6.82. The van der Waals surface area contributed by atoms with Crippen molar-refractivity contribution in [1.29, 1.82) is 5.26 Å². The number of nitriles is 1. The number of hydrogen-bond acceptors (Lipinski definition) is 5. The average molecular weight is 263 g/mol. The lowest BCUT2D eigenvalue weighted by atomic mass is 10.2. The molecule has 0 aliphatic carbocycles. The second kappa shape index (κ2) is 4.82. The fourth-order valence-electron chi connectivity index (χ4n) is 1.45. The van der Waals surface area contributed by atoms with Crippen molar-refractivity contribution < 1.29 is 4.79 Å². The van der Waals surface area contributed by atoms with Gasteiger partial charge in [0.15, 0.2) is 0 Å². The van der Waals surface area contributed by atoms with Crippen molar-refractivity contribution in [2.24, 2.45) is 0 Å². The molecule has 0 spiro atoms. The highest BCUT2D eigenvalue weighted by Gasteiger charge is 2.27. The Morgan fingerprint density at radius 1 is 1.59 bits per heavy atom. The summed E-state index contributed by atoms with van der Waals surface area (Å²) in [5.41, 5.74) is 0.919. The standard InChI is InChI=1S/C11H9N3OS2/c1-14-8(6-12)11(16-2)17-9-7(10(14)15)4-3-5-13-9/h3-5H,1-2H3. The summed E-state index contributed by atoms with van der Waals surface area (Å²) in [5.74, 6) is -0.193. The number of allylic oxidation sites excluding steroid dienone is 1. The number of carbonyl (C=O) groups is 1. The van der Waals surface area contributed by atoms with Gasteiger partial charge in [-0.1, -0.05) is 11.8 Å². The minimum Gasteiger partial charge on any atom is -0.301 e. The molecule has 0 fully saturated rings. The number of pyridine rings is 1. The molecule has 1 amide bonds. The van der Waals surface area contributed by atoms with Crippen LogP contribution in [0.3, 0.4) is 0 Å². The van der Waals surface area contributed by atoms with Crippen molar-refractivity contribution in [3.63, 3.8) is 0 Å². The monoisotopic (exact) mass is 263 g/mol. The fourth-order valence-corrected chi connectivity index (χ4v) is 3.23. The lowest BCUT2D eigenvalue weighted by molar-refractivity contribution is 0.0838. The fraction of sp³-hybridized carbons (Fsp3) is 0.182. The van der Waals surface area contributed by atoms with Gasteiger partial charge in [0.25, 0.3) is 5.91 Å². The van der Waals surface area contributed by atoms with Crippen molar-refractivity contribution in [3.05, 3.63) is 33.8 Å². The summed E-state index contributed by atoms with van der Waals surface area (Å²) in [6, 6.07) is 5.53. The number of amides is 1. The summed E-state index contributed by atoms with van der Waals surface area (Å²) in [7, 11) is 1.61. The summed E-state index contributed by atoms with van der Waals surface area (Å²) < 4.78 is 0.792. The molecule has 0 saturated carbocycles. The molecule has 1 aromatic rings. The molecule has 0 radical (unpaired) electrons. The maximum Gasteiger partial charge on any atom is 0.261 e. The Labute approximate surface area is 108 Å². The van der Waals surface area contributed by atoms with Crippen molar-refractivity contribution in [3.8, 4) is 6.07 Å². The van der Waals surface area contributed by atoms with Crippen LogP contribution in [0.1, 0.15) is 10.4 Å². The second-order valence-electron chi connectivity index (χ2n) is 3.27. The van der Waals surface area contributed by atoms with E-state index < -0.39 is 0 Å². The Morgan fingerprint density at radius 3 is 3.00 bits per heavy atom. The first-order chi connectivity index (χ1) is 8.19. The molecule has 1 aliphatic heterocycles. The number of hydrogen-bond donors (Lipinski definition) is 0. The van der Waals surface area contributed by atoms with Crippen LogP contribution in [0.4, 0.5) is 0 Å². The normalized spacial score (nSPS) is 15.4. The number of nitrogens with zero attached hydrogens (tertiary/aromatic N) is 3. The first-order valence-electron chi connectivity index (χ1n) is 4.78. The van der Waals surface area contributed by atoms with E-state index in [0.717, 1.165) is 4.24 Å². The predicted molar refractivity (Wildman–Crippen MR) is 68.3 cm³/mol. The Bertz CT molecular complexity index is 548. The summed E-state index contributed by atoms with van der Waals surface area (Å²) in [6.45, 7) is 0. The van der Waals surface area contributed by atoms with E-state index in [-0.39, 0.29) is 5.91 Å². The van der Waals surface area contributed by atoms with E-state index in [4.69, 9.17) is 5.26 Å². The van der Waals surface area contributed by atoms with Crippen LogP contribution in [0.5, 0.6) is 0 Å². The maximum absolute atomic E-state index is 12.1. The van der Waals surface area contributed by atoms with Crippen LogP contribution in [-0.4, -0.2) is 29.1 Å². The van der Waals surface area contributed by atoms with Gasteiger partial charge in [0.05, 0.1) is 9.80 Å². The van der Waals surface area contributed by atoms with Crippen molar-refractivity contribution in [1.82, 2.24) is 9.88 Å². The van der Waals surface area contributed by atoms with Gasteiger partial charge < -0.3 is 4.90 Å². The SMILES string of the molecule is CSC1=C(C#N)N(C)C(=O)c2cccnc2S1. The molecule has 0 aromatic carbocycles. The molecule has 0 bridgehead atoms. The summed E-state index contributed by atoms with van der Waals surface area (Å²) in [5, 5.41) is 9.79. The molecule has 2 rings (SSSR count). The third kappa shape index (κ3) is 2.04. The van der Waals surface area contributed by atoms with Crippen LogP contribution in [-0.2, 0) is 0 Å². The Hall–Kier alpha value is -1.45. The highest BCUT2D eigenvalue weighted by molar-refractivity contribution is 8.22.